The number of para-hydroxylation sites is 3. The van der Waals surface area contributed by atoms with E-state index in [4.69, 9.17) is 9.47 Å². The Morgan fingerprint density at radius 1 is 0.909 bits per heavy atom. The highest BCUT2D eigenvalue weighted by Crippen LogP contribution is 2.40. The van der Waals surface area contributed by atoms with Crippen LogP contribution in [0.25, 0.3) is 16.6 Å². The fourth-order valence-electron chi connectivity index (χ4n) is 4.19. The molecule has 0 saturated heterocycles. The second kappa shape index (κ2) is 9.04. The van der Waals surface area contributed by atoms with Crippen LogP contribution in [0.1, 0.15) is 17.0 Å². The zero-order chi connectivity index (χ0) is 22.6. The van der Waals surface area contributed by atoms with Gasteiger partial charge in [-0.25, -0.2) is 0 Å². The molecule has 0 amide bonds. The summed E-state index contributed by atoms with van der Waals surface area (Å²) in [5.74, 6) is 1.90. The number of H-pyrrole nitrogens is 1. The van der Waals surface area contributed by atoms with Gasteiger partial charge < -0.3 is 19.8 Å². The molecule has 33 heavy (non-hydrogen) atoms. The molecule has 2 N–H and O–H groups in total. The van der Waals surface area contributed by atoms with Crippen molar-refractivity contribution in [2.75, 3.05) is 26.1 Å². The first kappa shape index (κ1) is 20.6. The first-order valence-electron chi connectivity index (χ1n) is 10.6. The number of nitrogens with one attached hydrogen (secondary N) is 2. The lowest BCUT2D eigenvalue weighted by atomic mass is 9.90. The van der Waals surface area contributed by atoms with E-state index in [2.05, 4.69) is 50.2 Å². The van der Waals surface area contributed by atoms with Crippen LogP contribution in [-0.2, 0) is 0 Å². The fraction of sp³-hybridized carbons (Fsp3) is 0.160. The van der Waals surface area contributed by atoms with Crippen LogP contribution in [0.3, 0.4) is 0 Å². The van der Waals surface area contributed by atoms with E-state index in [1.54, 1.807) is 18.9 Å². The summed E-state index contributed by atoms with van der Waals surface area (Å²) in [5.41, 5.74) is 4.11. The molecule has 0 saturated carbocycles. The molecule has 0 spiro atoms. The number of hydrogen-bond acceptors (Lipinski definition) is 6. The van der Waals surface area contributed by atoms with Gasteiger partial charge in [-0.2, -0.15) is 4.68 Å². The molecule has 1 unspecified atom stereocenters. The molecule has 5 rings (SSSR count). The molecule has 2 heterocycles. The Labute approximate surface area is 191 Å². The third-order valence-corrected chi connectivity index (χ3v) is 5.74. The standard InChI is InChI=1S/C25H24N6O2/c1-32-23-14-8-12-19(24(23)33-2)21(20-15-26-22-13-7-6-11-18(20)22)16-27-25-28-29-30-31(25)17-9-4-3-5-10-17/h3-15,21,26H,16H2,1-2H3,(H,27,28,30). The SMILES string of the molecule is COc1cccc(C(CNc2nnnn2-c2ccccc2)c2c[nH]c3ccccc23)c1OC. The molecule has 0 aliphatic carbocycles. The second-order valence-corrected chi connectivity index (χ2v) is 7.56. The summed E-state index contributed by atoms with van der Waals surface area (Å²) in [5, 5.41) is 16.8. The number of rotatable bonds is 8. The van der Waals surface area contributed by atoms with Gasteiger partial charge in [0.05, 0.1) is 19.9 Å². The van der Waals surface area contributed by atoms with E-state index >= 15 is 0 Å². The highest BCUT2D eigenvalue weighted by molar-refractivity contribution is 5.84. The van der Waals surface area contributed by atoms with E-state index in [-0.39, 0.29) is 5.92 Å². The van der Waals surface area contributed by atoms with Gasteiger partial charge in [-0.1, -0.05) is 53.6 Å². The summed E-state index contributed by atoms with van der Waals surface area (Å²) in [6.07, 6.45) is 2.05. The number of aromatic amines is 1. The van der Waals surface area contributed by atoms with Gasteiger partial charge in [-0.3, -0.25) is 0 Å². The van der Waals surface area contributed by atoms with Crippen LogP contribution in [0.2, 0.25) is 0 Å². The van der Waals surface area contributed by atoms with Crippen LogP contribution < -0.4 is 14.8 Å². The summed E-state index contributed by atoms with van der Waals surface area (Å²) in [4.78, 5) is 3.39. The number of methoxy groups -OCH3 is 2. The van der Waals surface area contributed by atoms with E-state index < -0.39 is 0 Å². The average molecular weight is 441 g/mol. The van der Waals surface area contributed by atoms with Crippen molar-refractivity contribution >= 4 is 16.9 Å². The van der Waals surface area contributed by atoms with Crippen LogP contribution in [0.4, 0.5) is 5.95 Å². The number of tetrazole rings is 1. The number of fused-ring (bicyclic) bond motifs is 1. The zero-order valence-electron chi connectivity index (χ0n) is 18.4. The Hall–Kier alpha value is -4.33. The van der Waals surface area contributed by atoms with Crippen LogP contribution in [0, 0.1) is 0 Å². The minimum atomic E-state index is -0.0628. The fourth-order valence-corrected chi connectivity index (χ4v) is 4.19. The van der Waals surface area contributed by atoms with Crippen molar-refractivity contribution in [2.45, 2.75) is 5.92 Å². The smallest absolute Gasteiger partial charge is 0.247 e. The molecular formula is C25H24N6O2. The number of ether oxygens (including phenoxy) is 2. The molecule has 3 aromatic carbocycles. The number of aromatic nitrogens is 5. The number of anilines is 1. The third kappa shape index (κ3) is 3.87. The minimum Gasteiger partial charge on any atom is -0.493 e. The molecule has 5 aromatic rings. The average Bonchev–Trinajstić information content (AvgIpc) is 3.52. The predicted molar refractivity (Wildman–Crippen MR) is 127 cm³/mol. The molecule has 0 radical (unpaired) electrons. The summed E-state index contributed by atoms with van der Waals surface area (Å²) < 4.78 is 13.0. The Bertz CT molecular complexity index is 1360. The van der Waals surface area contributed by atoms with Crippen LogP contribution in [0.15, 0.2) is 79.0 Å². The summed E-state index contributed by atoms with van der Waals surface area (Å²) in [7, 11) is 3.31. The maximum absolute atomic E-state index is 5.78. The summed E-state index contributed by atoms with van der Waals surface area (Å²) >= 11 is 0. The van der Waals surface area contributed by atoms with Gasteiger partial charge in [0.25, 0.3) is 0 Å². The van der Waals surface area contributed by atoms with Crippen molar-refractivity contribution in [3.05, 3.63) is 90.1 Å². The zero-order valence-corrected chi connectivity index (χ0v) is 18.4. The van der Waals surface area contributed by atoms with Crippen LogP contribution in [-0.4, -0.2) is 46.0 Å². The van der Waals surface area contributed by atoms with Crippen molar-refractivity contribution in [2.24, 2.45) is 0 Å². The molecule has 0 bridgehead atoms. The van der Waals surface area contributed by atoms with Gasteiger partial charge in [0.2, 0.25) is 5.95 Å². The van der Waals surface area contributed by atoms with E-state index in [9.17, 15) is 0 Å². The largest absolute Gasteiger partial charge is 0.493 e. The molecular weight excluding hydrogens is 416 g/mol. The lowest BCUT2D eigenvalue weighted by Crippen LogP contribution is -2.17. The van der Waals surface area contributed by atoms with E-state index in [0.717, 1.165) is 27.7 Å². The number of hydrogen-bond donors (Lipinski definition) is 2. The summed E-state index contributed by atoms with van der Waals surface area (Å²) in [6.45, 7) is 0.540. The van der Waals surface area contributed by atoms with Gasteiger partial charge in [-0.15, -0.1) is 0 Å². The van der Waals surface area contributed by atoms with Crippen molar-refractivity contribution in [1.29, 1.82) is 0 Å². The van der Waals surface area contributed by atoms with Crippen LogP contribution >= 0.6 is 0 Å². The quantitative estimate of drug-likeness (QED) is 0.372. The van der Waals surface area contributed by atoms with Crippen molar-refractivity contribution < 1.29 is 9.47 Å². The Kier molecular flexibility index (Phi) is 5.63. The van der Waals surface area contributed by atoms with E-state index in [1.807, 2.05) is 54.6 Å². The highest BCUT2D eigenvalue weighted by Gasteiger charge is 2.24. The Balaban J connectivity index is 1.56. The molecule has 0 aliphatic heterocycles. The molecule has 166 valence electrons. The van der Waals surface area contributed by atoms with Gasteiger partial charge >= 0.3 is 0 Å². The lowest BCUT2D eigenvalue weighted by molar-refractivity contribution is 0.350. The van der Waals surface area contributed by atoms with Crippen molar-refractivity contribution in [3.8, 4) is 17.2 Å². The van der Waals surface area contributed by atoms with Gasteiger partial charge in [0.15, 0.2) is 11.5 Å². The maximum Gasteiger partial charge on any atom is 0.247 e. The number of benzene rings is 3. The van der Waals surface area contributed by atoms with Gasteiger partial charge in [-0.05, 0) is 40.3 Å². The number of nitrogens with zero attached hydrogens (tertiary/aromatic N) is 4. The maximum atomic E-state index is 5.78. The lowest BCUT2D eigenvalue weighted by Gasteiger charge is -2.22. The third-order valence-electron chi connectivity index (χ3n) is 5.74. The highest BCUT2D eigenvalue weighted by atomic mass is 16.5. The van der Waals surface area contributed by atoms with Crippen molar-refractivity contribution in [3.63, 3.8) is 0 Å². The monoisotopic (exact) mass is 440 g/mol. The molecule has 2 aromatic heterocycles. The molecule has 8 heteroatoms. The summed E-state index contributed by atoms with van der Waals surface area (Å²) in [6, 6.07) is 24.0. The predicted octanol–water partition coefficient (Wildman–Crippen LogP) is 4.40. The second-order valence-electron chi connectivity index (χ2n) is 7.56. The molecule has 0 fully saturated rings. The van der Waals surface area contributed by atoms with Gasteiger partial charge in [0, 0.05) is 35.1 Å². The molecule has 1 atom stereocenters. The van der Waals surface area contributed by atoms with Crippen LogP contribution in [0.5, 0.6) is 11.5 Å². The first-order chi connectivity index (χ1) is 16.3. The Morgan fingerprint density at radius 2 is 1.73 bits per heavy atom. The van der Waals surface area contributed by atoms with E-state index in [0.29, 0.717) is 24.0 Å². The van der Waals surface area contributed by atoms with E-state index in [1.165, 1.54) is 0 Å². The normalized spacial score (nSPS) is 11.9. The topological polar surface area (TPSA) is 89.9 Å². The van der Waals surface area contributed by atoms with Gasteiger partial charge in [0.1, 0.15) is 0 Å². The first-order valence-corrected chi connectivity index (χ1v) is 10.6. The molecule has 8 nitrogen and oxygen atoms in total. The van der Waals surface area contributed by atoms with Crippen molar-refractivity contribution in [1.82, 2.24) is 25.2 Å². The Morgan fingerprint density at radius 3 is 2.55 bits per heavy atom. The minimum absolute atomic E-state index is 0.0628. The molecule has 0 aliphatic rings.